The van der Waals surface area contributed by atoms with E-state index in [1.165, 1.54) is 4.90 Å². The Hall–Kier alpha value is -3.61. The molecule has 0 bridgehead atoms. The second-order valence-corrected chi connectivity index (χ2v) is 10.5. The highest BCUT2D eigenvalue weighted by Crippen LogP contribution is 2.25. The summed E-state index contributed by atoms with van der Waals surface area (Å²) in [6.07, 6.45) is 3.02. The molecule has 0 aromatic heterocycles. The zero-order chi connectivity index (χ0) is 28.3. The highest BCUT2D eigenvalue weighted by molar-refractivity contribution is 5.92. The molecule has 2 aromatic carbocycles. The van der Waals surface area contributed by atoms with E-state index in [1.54, 1.807) is 26.8 Å². The minimum Gasteiger partial charge on any atom is -0.444 e. The molecule has 0 saturated carbocycles. The lowest BCUT2D eigenvalue weighted by molar-refractivity contribution is -0.142. The largest absolute Gasteiger partial charge is 0.444 e. The van der Waals surface area contributed by atoms with Crippen molar-refractivity contribution in [2.24, 2.45) is 0 Å². The van der Waals surface area contributed by atoms with Gasteiger partial charge in [0, 0.05) is 19.0 Å². The Morgan fingerprint density at radius 2 is 1.71 bits per heavy atom. The number of likely N-dealkylation sites (N-methyl/N-ethyl adjacent to an activating group) is 1. The van der Waals surface area contributed by atoms with Crippen molar-refractivity contribution in [2.45, 2.75) is 84.5 Å². The summed E-state index contributed by atoms with van der Waals surface area (Å²) in [5.74, 6) is -0.632. The summed E-state index contributed by atoms with van der Waals surface area (Å²) in [6.45, 7) is 15.3. The highest BCUT2D eigenvalue weighted by atomic mass is 16.6. The van der Waals surface area contributed by atoms with Gasteiger partial charge in [0.2, 0.25) is 11.8 Å². The third kappa shape index (κ3) is 9.36. The number of hydrogen-bond acceptors (Lipinski definition) is 4. The van der Waals surface area contributed by atoms with Crippen LogP contribution in [0.3, 0.4) is 0 Å². The van der Waals surface area contributed by atoms with Gasteiger partial charge in [-0.15, -0.1) is 0 Å². The molecule has 7 nitrogen and oxygen atoms in total. The molecule has 38 heavy (non-hydrogen) atoms. The van der Waals surface area contributed by atoms with Crippen LogP contribution in [0.2, 0.25) is 0 Å². The number of ether oxygens (including phenoxy) is 1. The number of benzene rings is 2. The molecule has 206 valence electrons. The monoisotopic (exact) mass is 521 g/mol. The molecule has 0 saturated heterocycles. The topological polar surface area (TPSA) is 87.7 Å². The zero-order valence-electron chi connectivity index (χ0n) is 23.6. The van der Waals surface area contributed by atoms with Gasteiger partial charge in [-0.2, -0.15) is 0 Å². The van der Waals surface area contributed by atoms with Crippen LogP contribution in [0.15, 0.2) is 61.2 Å². The van der Waals surface area contributed by atoms with Crippen molar-refractivity contribution in [2.75, 3.05) is 6.54 Å². The van der Waals surface area contributed by atoms with Crippen LogP contribution in [0.25, 0.3) is 6.08 Å². The first-order valence-electron chi connectivity index (χ1n) is 13.4. The van der Waals surface area contributed by atoms with Crippen LogP contribution >= 0.6 is 0 Å². The van der Waals surface area contributed by atoms with Crippen molar-refractivity contribution >= 4 is 24.0 Å². The van der Waals surface area contributed by atoms with Crippen LogP contribution in [0.4, 0.5) is 4.79 Å². The molecule has 0 aliphatic heterocycles. The van der Waals surface area contributed by atoms with Crippen LogP contribution in [0, 0.1) is 0 Å². The lowest BCUT2D eigenvalue weighted by atomic mass is 9.98. The number of carbonyl (C=O) groups excluding carboxylic acids is 3. The number of carbonyl (C=O) groups is 3. The predicted octanol–water partition coefficient (Wildman–Crippen LogP) is 5.66. The fourth-order valence-corrected chi connectivity index (χ4v) is 4.32. The van der Waals surface area contributed by atoms with Crippen molar-refractivity contribution in [3.05, 3.63) is 77.9 Å². The maximum absolute atomic E-state index is 14.1. The Morgan fingerprint density at radius 3 is 2.29 bits per heavy atom. The molecule has 2 rings (SSSR count). The quantitative estimate of drug-likeness (QED) is 0.377. The highest BCUT2D eigenvalue weighted by Gasteiger charge is 2.36. The van der Waals surface area contributed by atoms with Crippen molar-refractivity contribution in [1.82, 2.24) is 15.5 Å². The Balaban J connectivity index is 2.49. The van der Waals surface area contributed by atoms with Gasteiger partial charge in [-0.3, -0.25) is 9.59 Å². The molecule has 3 atom stereocenters. The van der Waals surface area contributed by atoms with Crippen LogP contribution < -0.4 is 10.6 Å². The molecule has 2 aromatic rings. The number of nitrogens with zero attached hydrogens (tertiary/aromatic N) is 1. The van der Waals surface area contributed by atoms with E-state index in [-0.39, 0.29) is 30.8 Å². The van der Waals surface area contributed by atoms with Gasteiger partial charge in [0.25, 0.3) is 0 Å². The van der Waals surface area contributed by atoms with E-state index in [2.05, 4.69) is 24.1 Å². The molecular weight excluding hydrogens is 478 g/mol. The molecule has 0 heterocycles. The van der Waals surface area contributed by atoms with Crippen molar-refractivity contribution in [1.29, 1.82) is 0 Å². The summed E-state index contributed by atoms with van der Waals surface area (Å²) in [5, 5.41) is 5.84. The first-order chi connectivity index (χ1) is 18.0. The van der Waals surface area contributed by atoms with Gasteiger partial charge in [-0.1, -0.05) is 74.5 Å². The fourth-order valence-electron chi connectivity index (χ4n) is 4.32. The number of alkyl carbamates (subject to hydrolysis) is 1. The van der Waals surface area contributed by atoms with Gasteiger partial charge >= 0.3 is 6.09 Å². The summed E-state index contributed by atoms with van der Waals surface area (Å²) in [4.78, 5) is 42.1. The summed E-state index contributed by atoms with van der Waals surface area (Å²) in [6, 6.07) is 15.0. The molecule has 0 aliphatic carbocycles. The van der Waals surface area contributed by atoms with Gasteiger partial charge in [0.1, 0.15) is 17.7 Å². The maximum Gasteiger partial charge on any atom is 0.408 e. The minimum absolute atomic E-state index is 0.0496. The molecule has 0 radical (unpaired) electrons. The minimum atomic E-state index is -0.932. The van der Waals surface area contributed by atoms with E-state index in [9.17, 15) is 14.4 Å². The average Bonchev–Trinajstić information content (AvgIpc) is 2.86. The van der Waals surface area contributed by atoms with E-state index >= 15 is 0 Å². The summed E-state index contributed by atoms with van der Waals surface area (Å²) < 4.78 is 5.46. The third-order valence-corrected chi connectivity index (χ3v) is 6.03. The Bertz CT molecular complexity index is 1080. The molecule has 0 aliphatic rings. The molecule has 2 N–H and O–H groups in total. The fraction of sp³-hybridized carbons (Fsp3) is 0.452. The third-order valence-electron chi connectivity index (χ3n) is 6.03. The number of hydrogen-bond donors (Lipinski definition) is 2. The van der Waals surface area contributed by atoms with Gasteiger partial charge in [-0.05, 0) is 63.8 Å². The maximum atomic E-state index is 14.1. The van der Waals surface area contributed by atoms with Crippen molar-refractivity contribution in [3.8, 4) is 0 Å². The molecule has 7 heteroatoms. The SMILES string of the molecule is C=Cc1cccc(C(C(=O)NC(C)CCC)N(CC)C(=O)C(Cc2ccccc2)NC(=O)OC(C)(C)C)c1. The van der Waals surface area contributed by atoms with E-state index in [0.29, 0.717) is 5.56 Å². The van der Waals surface area contributed by atoms with Crippen molar-refractivity contribution in [3.63, 3.8) is 0 Å². The summed E-state index contributed by atoms with van der Waals surface area (Å²) >= 11 is 0. The number of nitrogens with one attached hydrogen (secondary N) is 2. The molecular formula is C31H43N3O4. The van der Waals surface area contributed by atoms with Gasteiger partial charge in [0.15, 0.2) is 0 Å². The van der Waals surface area contributed by atoms with Crippen LogP contribution in [-0.2, 0) is 20.7 Å². The smallest absolute Gasteiger partial charge is 0.408 e. The average molecular weight is 522 g/mol. The van der Waals surface area contributed by atoms with E-state index < -0.39 is 23.8 Å². The molecule has 0 fully saturated rings. The molecule has 3 amide bonds. The summed E-state index contributed by atoms with van der Waals surface area (Å²) in [7, 11) is 0. The predicted molar refractivity (Wildman–Crippen MR) is 152 cm³/mol. The normalized spacial score (nSPS) is 13.5. The first-order valence-corrected chi connectivity index (χ1v) is 13.4. The van der Waals surface area contributed by atoms with E-state index in [4.69, 9.17) is 4.74 Å². The standard InChI is InChI=1S/C31H43N3O4/c1-8-15-22(4)32-28(35)27(25-19-14-18-23(9-2)20-25)34(10-3)29(36)26(21-24-16-12-11-13-17-24)33-30(37)38-31(5,6)7/h9,11-14,16-20,22,26-27H,2,8,10,15,21H2,1,3-7H3,(H,32,35)(H,33,37). The first kappa shape index (κ1) is 30.6. The van der Waals surface area contributed by atoms with Crippen LogP contribution in [0.5, 0.6) is 0 Å². The summed E-state index contributed by atoms with van der Waals surface area (Å²) in [5.41, 5.74) is 1.68. The number of amides is 3. The lowest BCUT2D eigenvalue weighted by Gasteiger charge is -2.34. The second kappa shape index (κ2) is 14.4. The van der Waals surface area contributed by atoms with E-state index in [1.807, 2.05) is 68.4 Å². The Morgan fingerprint density at radius 1 is 1.03 bits per heavy atom. The van der Waals surface area contributed by atoms with Gasteiger partial charge < -0.3 is 20.3 Å². The lowest BCUT2D eigenvalue weighted by Crippen LogP contribution is -2.54. The second-order valence-electron chi connectivity index (χ2n) is 10.5. The Labute approximate surface area is 227 Å². The van der Waals surface area contributed by atoms with Gasteiger partial charge in [0.05, 0.1) is 0 Å². The van der Waals surface area contributed by atoms with Crippen LogP contribution in [0.1, 0.15) is 77.1 Å². The number of rotatable bonds is 12. The Kier molecular flexibility index (Phi) is 11.6. The van der Waals surface area contributed by atoms with Crippen molar-refractivity contribution < 1.29 is 19.1 Å². The van der Waals surface area contributed by atoms with Crippen LogP contribution in [-0.4, -0.2) is 47.0 Å². The molecule has 3 unspecified atom stereocenters. The van der Waals surface area contributed by atoms with E-state index in [0.717, 1.165) is 24.0 Å². The zero-order valence-corrected chi connectivity index (χ0v) is 23.6. The molecule has 0 spiro atoms. The van der Waals surface area contributed by atoms with Gasteiger partial charge in [-0.25, -0.2) is 4.79 Å².